The molecule has 0 amide bonds. The van der Waals surface area contributed by atoms with Crippen molar-refractivity contribution in [3.05, 3.63) is 64.9 Å². The summed E-state index contributed by atoms with van der Waals surface area (Å²) in [5.74, 6) is 0.415. The maximum atomic E-state index is 9.08. The maximum absolute atomic E-state index is 9.08. The van der Waals surface area contributed by atoms with Crippen LogP contribution in [0.4, 0.5) is 0 Å². The minimum Gasteiger partial charge on any atom is -0.422 e. The van der Waals surface area contributed by atoms with Crippen molar-refractivity contribution in [3.63, 3.8) is 0 Å². The third-order valence-electron chi connectivity index (χ3n) is 2.76. The summed E-state index contributed by atoms with van der Waals surface area (Å²) in [6, 6.07) is 17.0. The van der Waals surface area contributed by atoms with Gasteiger partial charge in [-0.05, 0) is 30.3 Å². The molecule has 3 aromatic rings. The molecule has 1 aromatic heterocycles. The minimum absolute atomic E-state index is 0.188. The second-order valence-electron chi connectivity index (χ2n) is 4.16. The molecule has 21 heavy (non-hydrogen) atoms. The van der Waals surface area contributed by atoms with E-state index in [0.29, 0.717) is 11.3 Å². The van der Waals surface area contributed by atoms with Crippen LogP contribution in [0.15, 0.2) is 59.3 Å². The molecule has 5 nitrogen and oxygen atoms in total. The smallest absolute Gasteiger partial charge is 0.341 e. The van der Waals surface area contributed by atoms with E-state index in [0.717, 1.165) is 10.2 Å². The molecule has 0 fully saturated rings. The summed E-state index contributed by atoms with van der Waals surface area (Å²) in [6.45, 7) is 0. The number of ether oxygens (including phenoxy) is 1. The number of rotatable bonds is 3. The zero-order valence-corrected chi connectivity index (χ0v) is 12.4. The zero-order valence-electron chi connectivity index (χ0n) is 10.8. The van der Waals surface area contributed by atoms with Crippen molar-refractivity contribution in [1.82, 2.24) is 14.8 Å². The molecule has 0 saturated heterocycles. The van der Waals surface area contributed by atoms with Gasteiger partial charge in [-0.2, -0.15) is 10.2 Å². The highest BCUT2D eigenvalue weighted by molar-refractivity contribution is 9.10. The number of aromatic nitrogens is 3. The molecule has 0 spiro atoms. The fourth-order valence-corrected chi connectivity index (χ4v) is 2.11. The summed E-state index contributed by atoms with van der Waals surface area (Å²) in [5.41, 5.74) is 1.31. The van der Waals surface area contributed by atoms with Gasteiger partial charge >= 0.3 is 6.01 Å². The van der Waals surface area contributed by atoms with Crippen LogP contribution in [0.25, 0.3) is 5.69 Å². The Hall–Kier alpha value is -2.65. The summed E-state index contributed by atoms with van der Waals surface area (Å²) >= 11 is 3.35. The lowest BCUT2D eigenvalue weighted by atomic mass is 10.2. The van der Waals surface area contributed by atoms with Crippen LogP contribution in [0.2, 0.25) is 0 Å². The summed E-state index contributed by atoms with van der Waals surface area (Å²) in [4.78, 5) is 4.10. The Morgan fingerprint density at radius 3 is 2.71 bits per heavy atom. The van der Waals surface area contributed by atoms with Gasteiger partial charge in [0.25, 0.3) is 0 Å². The fourth-order valence-electron chi connectivity index (χ4n) is 1.77. The van der Waals surface area contributed by atoms with Crippen molar-refractivity contribution < 1.29 is 4.74 Å². The number of nitrogens with zero attached hydrogens (tertiary/aromatic N) is 4. The molecule has 6 heteroatoms. The zero-order chi connectivity index (χ0) is 14.7. The molecule has 0 radical (unpaired) electrons. The van der Waals surface area contributed by atoms with Crippen molar-refractivity contribution in [3.8, 4) is 23.5 Å². The van der Waals surface area contributed by atoms with Gasteiger partial charge in [-0.15, -0.1) is 5.10 Å². The first kappa shape index (κ1) is 13.3. The molecule has 1 heterocycles. The summed E-state index contributed by atoms with van der Waals surface area (Å²) in [5, 5.41) is 13.3. The monoisotopic (exact) mass is 340 g/mol. The van der Waals surface area contributed by atoms with Crippen LogP contribution in [-0.4, -0.2) is 14.8 Å². The first-order chi connectivity index (χ1) is 10.3. The predicted molar refractivity (Wildman–Crippen MR) is 80.3 cm³/mol. The second-order valence-corrected chi connectivity index (χ2v) is 5.08. The number of hydrogen-bond donors (Lipinski definition) is 0. The normalized spacial score (nSPS) is 10.1. The number of nitriles is 1. The summed E-state index contributed by atoms with van der Waals surface area (Å²) < 4.78 is 8.02. The van der Waals surface area contributed by atoms with Gasteiger partial charge in [0.1, 0.15) is 18.1 Å². The van der Waals surface area contributed by atoms with Crippen molar-refractivity contribution in [2.24, 2.45) is 0 Å². The van der Waals surface area contributed by atoms with Crippen molar-refractivity contribution in [1.29, 1.82) is 5.26 Å². The van der Waals surface area contributed by atoms with Crippen LogP contribution in [0.3, 0.4) is 0 Å². The van der Waals surface area contributed by atoms with Crippen molar-refractivity contribution >= 4 is 15.9 Å². The minimum atomic E-state index is 0.188. The summed E-state index contributed by atoms with van der Waals surface area (Å²) in [6.07, 6.45) is 1.56. The summed E-state index contributed by atoms with van der Waals surface area (Å²) in [7, 11) is 0. The molecular formula is C15H9BrN4O. The average Bonchev–Trinajstić information content (AvgIpc) is 2.97. The molecule has 0 atom stereocenters. The third kappa shape index (κ3) is 2.93. The van der Waals surface area contributed by atoms with Gasteiger partial charge < -0.3 is 4.74 Å². The highest BCUT2D eigenvalue weighted by Crippen LogP contribution is 2.26. The molecule has 2 aromatic carbocycles. The highest BCUT2D eigenvalue weighted by Gasteiger charge is 2.09. The largest absolute Gasteiger partial charge is 0.422 e. The van der Waals surface area contributed by atoms with Gasteiger partial charge in [0.2, 0.25) is 0 Å². The maximum Gasteiger partial charge on any atom is 0.341 e. The predicted octanol–water partition coefficient (Wildman–Crippen LogP) is 3.69. The Morgan fingerprint density at radius 1 is 1.14 bits per heavy atom. The van der Waals surface area contributed by atoms with Gasteiger partial charge in [0.15, 0.2) is 0 Å². The first-order valence-corrected chi connectivity index (χ1v) is 6.90. The van der Waals surface area contributed by atoms with E-state index in [9.17, 15) is 0 Å². The first-order valence-electron chi connectivity index (χ1n) is 6.11. The van der Waals surface area contributed by atoms with Crippen LogP contribution in [-0.2, 0) is 0 Å². The van der Waals surface area contributed by atoms with Gasteiger partial charge in [-0.25, -0.2) is 4.68 Å². The SMILES string of the molecule is N#Cc1ccc(Br)cc1Oc1ncn(-c2ccccc2)n1. The molecule has 0 aliphatic carbocycles. The Morgan fingerprint density at radius 2 is 1.95 bits per heavy atom. The molecule has 0 aliphatic rings. The lowest BCUT2D eigenvalue weighted by Gasteiger charge is -2.03. The van der Waals surface area contributed by atoms with Gasteiger partial charge in [0, 0.05) is 4.47 Å². The fraction of sp³-hybridized carbons (Fsp3) is 0. The van der Waals surface area contributed by atoms with Crippen LogP contribution in [0.5, 0.6) is 11.8 Å². The van der Waals surface area contributed by atoms with E-state index in [-0.39, 0.29) is 6.01 Å². The van der Waals surface area contributed by atoms with Crippen LogP contribution < -0.4 is 4.74 Å². The molecule has 102 valence electrons. The Labute approximate surface area is 129 Å². The number of para-hydroxylation sites is 1. The van der Waals surface area contributed by atoms with E-state index in [4.69, 9.17) is 10.00 Å². The van der Waals surface area contributed by atoms with E-state index in [2.05, 4.69) is 32.1 Å². The van der Waals surface area contributed by atoms with E-state index < -0.39 is 0 Å². The molecule has 0 unspecified atom stereocenters. The Kier molecular flexibility index (Phi) is 3.67. The standard InChI is InChI=1S/C15H9BrN4O/c16-12-7-6-11(9-17)14(8-12)21-15-18-10-20(19-15)13-4-2-1-3-5-13/h1-8,10H. The lowest BCUT2D eigenvalue weighted by Crippen LogP contribution is -1.95. The second kappa shape index (κ2) is 5.77. The van der Waals surface area contributed by atoms with Crippen molar-refractivity contribution in [2.45, 2.75) is 0 Å². The molecule has 0 bridgehead atoms. The van der Waals surface area contributed by atoms with E-state index >= 15 is 0 Å². The quantitative estimate of drug-likeness (QED) is 0.729. The average molecular weight is 341 g/mol. The molecule has 3 rings (SSSR count). The lowest BCUT2D eigenvalue weighted by molar-refractivity contribution is 0.440. The van der Waals surface area contributed by atoms with Crippen LogP contribution in [0.1, 0.15) is 5.56 Å². The van der Waals surface area contributed by atoms with E-state index in [1.54, 1.807) is 29.2 Å². The number of halogens is 1. The topological polar surface area (TPSA) is 63.7 Å². The van der Waals surface area contributed by atoms with E-state index in [1.165, 1.54) is 0 Å². The Bertz CT molecular complexity index is 808. The van der Waals surface area contributed by atoms with E-state index in [1.807, 2.05) is 30.3 Å². The molecule has 0 saturated carbocycles. The molecular weight excluding hydrogens is 332 g/mol. The number of hydrogen-bond acceptors (Lipinski definition) is 4. The van der Waals surface area contributed by atoms with Crippen LogP contribution >= 0.6 is 15.9 Å². The Balaban J connectivity index is 1.89. The number of benzene rings is 2. The highest BCUT2D eigenvalue weighted by atomic mass is 79.9. The molecule has 0 aliphatic heterocycles. The third-order valence-corrected chi connectivity index (χ3v) is 3.25. The van der Waals surface area contributed by atoms with Crippen LogP contribution in [0, 0.1) is 11.3 Å². The van der Waals surface area contributed by atoms with Gasteiger partial charge in [0.05, 0.1) is 11.3 Å². The van der Waals surface area contributed by atoms with Gasteiger partial charge in [-0.1, -0.05) is 34.1 Å². The van der Waals surface area contributed by atoms with Crippen molar-refractivity contribution in [2.75, 3.05) is 0 Å². The van der Waals surface area contributed by atoms with Gasteiger partial charge in [-0.3, -0.25) is 0 Å². The molecule has 0 N–H and O–H groups in total.